The van der Waals surface area contributed by atoms with Crippen LogP contribution >= 0.6 is 0 Å². The van der Waals surface area contributed by atoms with Crippen molar-refractivity contribution >= 4 is 6.08 Å². The maximum absolute atomic E-state index is 3.12. The summed E-state index contributed by atoms with van der Waals surface area (Å²) < 4.78 is 0. The van der Waals surface area contributed by atoms with Crippen LogP contribution in [0.25, 0.3) is 6.08 Å². The molecular formula is C14H21N. The lowest BCUT2D eigenvalue weighted by Crippen LogP contribution is -2.04. The molecule has 0 radical (unpaired) electrons. The maximum Gasteiger partial charge on any atom is 0.0135 e. The van der Waals surface area contributed by atoms with Crippen molar-refractivity contribution < 1.29 is 0 Å². The van der Waals surface area contributed by atoms with Crippen LogP contribution < -0.4 is 5.32 Å². The zero-order valence-electron chi connectivity index (χ0n) is 10.4. The molecule has 0 amide bonds. The summed E-state index contributed by atoms with van der Waals surface area (Å²) in [5, 5.41) is 3.12. The zero-order chi connectivity index (χ0) is 11.4. The van der Waals surface area contributed by atoms with Crippen molar-refractivity contribution in [2.24, 2.45) is 0 Å². The summed E-state index contributed by atoms with van der Waals surface area (Å²) in [4.78, 5) is 0. The van der Waals surface area contributed by atoms with Crippen molar-refractivity contribution in [1.29, 1.82) is 0 Å². The largest absolute Gasteiger partial charge is 0.316 e. The molecule has 15 heavy (non-hydrogen) atoms. The van der Waals surface area contributed by atoms with Gasteiger partial charge in [-0.3, -0.25) is 0 Å². The van der Waals surface area contributed by atoms with Gasteiger partial charge in [0, 0.05) is 6.54 Å². The molecule has 0 atom stereocenters. The van der Waals surface area contributed by atoms with Gasteiger partial charge >= 0.3 is 0 Å². The van der Waals surface area contributed by atoms with Gasteiger partial charge in [-0.15, -0.1) is 0 Å². The van der Waals surface area contributed by atoms with Crippen molar-refractivity contribution in [1.82, 2.24) is 5.32 Å². The van der Waals surface area contributed by atoms with Crippen LogP contribution in [-0.2, 0) is 0 Å². The Balaban J connectivity index is 3.15. The molecule has 1 aromatic carbocycles. The molecule has 82 valence electrons. The Morgan fingerprint density at radius 1 is 1.07 bits per heavy atom. The van der Waals surface area contributed by atoms with E-state index in [1.54, 1.807) is 0 Å². The lowest BCUT2D eigenvalue weighted by molar-refractivity contribution is 0.922. The number of hydrogen-bond donors (Lipinski definition) is 1. The topological polar surface area (TPSA) is 12.0 Å². The van der Waals surface area contributed by atoms with E-state index in [1.807, 2.05) is 7.05 Å². The first-order valence-electron chi connectivity index (χ1n) is 5.46. The molecular weight excluding hydrogens is 182 g/mol. The molecule has 0 saturated carbocycles. The molecule has 0 spiro atoms. The minimum atomic E-state index is 0.922. The van der Waals surface area contributed by atoms with Gasteiger partial charge in [0.2, 0.25) is 0 Å². The minimum absolute atomic E-state index is 0.922. The molecule has 0 unspecified atom stereocenters. The molecule has 1 aromatic rings. The summed E-state index contributed by atoms with van der Waals surface area (Å²) in [6.07, 6.45) is 4.40. The maximum atomic E-state index is 3.12. The smallest absolute Gasteiger partial charge is 0.0135 e. The fourth-order valence-corrected chi connectivity index (χ4v) is 1.79. The SMILES string of the molecule is CNCC=Cc1c(C)c(C)cc(C)c1C. The van der Waals surface area contributed by atoms with Crippen LogP contribution in [0.4, 0.5) is 0 Å². The Hall–Kier alpha value is -1.08. The van der Waals surface area contributed by atoms with Crippen molar-refractivity contribution in [3.8, 4) is 0 Å². The average Bonchev–Trinajstić information content (AvgIpc) is 2.20. The molecule has 1 N–H and O–H groups in total. The van der Waals surface area contributed by atoms with Gasteiger partial charge < -0.3 is 5.32 Å². The van der Waals surface area contributed by atoms with Gasteiger partial charge in [0.25, 0.3) is 0 Å². The van der Waals surface area contributed by atoms with E-state index in [1.165, 1.54) is 27.8 Å². The van der Waals surface area contributed by atoms with Gasteiger partial charge in [-0.25, -0.2) is 0 Å². The van der Waals surface area contributed by atoms with Crippen molar-refractivity contribution in [3.05, 3.63) is 40.0 Å². The highest BCUT2D eigenvalue weighted by molar-refractivity contribution is 5.61. The zero-order valence-corrected chi connectivity index (χ0v) is 10.4. The van der Waals surface area contributed by atoms with Crippen LogP contribution in [0.5, 0.6) is 0 Å². The number of rotatable bonds is 3. The molecule has 0 bridgehead atoms. The van der Waals surface area contributed by atoms with E-state index in [4.69, 9.17) is 0 Å². The molecule has 0 aliphatic carbocycles. The van der Waals surface area contributed by atoms with E-state index in [-0.39, 0.29) is 0 Å². The lowest BCUT2D eigenvalue weighted by atomic mass is 9.94. The molecule has 0 aliphatic rings. The van der Waals surface area contributed by atoms with Crippen molar-refractivity contribution in [2.75, 3.05) is 13.6 Å². The highest BCUT2D eigenvalue weighted by atomic mass is 14.8. The van der Waals surface area contributed by atoms with Crippen LogP contribution in [0.15, 0.2) is 12.1 Å². The standard InChI is InChI=1S/C14H21N/c1-10-9-11(2)13(4)14(12(10)3)7-6-8-15-5/h6-7,9,15H,8H2,1-5H3. The second-order valence-corrected chi connectivity index (χ2v) is 4.13. The fraction of sp³-hybridized carbons (Fsp3) is 0.429. The second kappa shape index (κ2) is 5.13. The number of likely N-dealkylation sites (N-methyl/N-ethyl adjacent to an activating group) is 1. The highest BCUT2D eigenvalue weighted by Crippen LogP contribution is 2.22. The van der Waals surface area contributed by atoms with Gasteiger partial charge in [-0.1, -0.05) is 18.2 Å². The van der Waals surface area contributed by atoms with E-state index in [9.17, 15) is 0 Å². The van der Waals surface area contributed by atoms with Gasteiger partial charge in [0.05, 0.1) is 0 Å². The Kier molecular flexibility index (Phi) is 4.10. The van der Waals surface area contributed by atoms with E-state index in [2.05, 4.69) is 51.2 Å². The summed E-state index contributed by atoms with van der Waals surface area (Å²) in [7, 11) is 1.96. The molecule has 0 fully saturated rings. The third kappa shape index (κ3) is 2.69. The normalized spacial score (nSPS) is 11.3. The predicted octanol–water partition coefficient (Wildman–Crippen LogP) is 3.15. The lowest BCUT2D eigenvalue weighted by Gasteiger charge is -2.12. The van der Waals surface area contributed by atoms with E-state index in [0.717, 1.165) is 6.54 Å². The number of benzene rings is 1. The van der Waals surface area contributed by atoms with E-state index < -0.39 is 0 Å². The summed E-state index contributed by atoms with van der Waals surface area (Å²) in [5.74, 6) is 0. The van der Waals surface area contributed by atoms with E-state index in [0.29, 0.717) is 0 Å². The molecule has 0 aromatic heterocycles. The van der Waals surface area contributed by atoms with Gasteiger partial charge in [-0.05, 0) is 62.6 Å². The molecule has 0 aliphatic heterocycles. The van der Waals surface area contributed by atoms with Gasteiger partial charge in [0.1, 0.15) is 0 Å². The van der Waals surface area contributed by atoms with Gasteiger partial charge in [0.15, 0.2) is 0 Å². The summed E-state index contributed by atoms with van der Waals surface area (Å²) >= 11 is 0. The van der Waals surface area contributed by atoms with Gasteiger partial charge in [-0.2, -0.15) is 0 Å². The second-order valence-electron chi connectivity index (χ2n) is 4.13. The summed E-state index contributed by atoms with van der Waals surface area (Å²) in [6.45, 7) is 9.67. The third-order valence-corrected chi connectivity index (χ3v) is 3.03. The summed E-state index contributed by atoms with van der Waals surface area (Å²) in [5.41, 5.74) is 6.92. The quantitative estimate of drug-likeness (QED) is 0.795. The Morgan fingerprint density at radius 3 is 2.07 bits per heavy atom. The number of aryl methyl sites for hydroxylation is 2. The highest BCUT2D eigenvalue weighted by Gasteiger charge is 2.04. The first-order chi connectivity index (χ1) is 7.07. The van der Waals surface area contributed by atoms with Crippen LogP contribution in [0, 0.1) is 27.7 Å². The first-order valence-corrected chi connectivity index (χ1v) is 5.46. The summed E-state index contributed by atoms with van der Waals surface area (Å²) in [6, 6.07) is 2.26. The van der Waals surface area contributed by atoms with E-state index >= 15 is 0 Å². The monoisotopic (exact) mass is 203 g/mol. The van der Waals surface area contributed by atoms with Crippen molar-refractivity contribution in [2.45, 2.75) is 27.7 Å². The molecule has 0 saturated heterocycles. The molecule has 1 heteroatoms. The predicted molar refractivity (Wildman–Crippen MR) is 68.4 cm³/mol. The average molecular weight is 203 g/mol. The number of nitrogens with one attached hydrogen (secondary N) is 1. The fourth-order valence-electron chi connectivity index (χ4n) is 1.79. The first kappa shape index (κ1) is 12.0. The number of hydrogen-bond acceptors (Lipinski definition) is 1. The Labute approximate surface area is 93.2 Å². The van der Waals surface area contributed by atoms with Crippen LogP contribution in [0.1, 0.15) is 27.8 Å². The minimum Gasteiger partial charge on any atom is -0.316 e. The Morgan fingerprint density at radius 2 is 1.60 bits per heavy atom. The Bertz CT molecular complexity index is 349. The molecule has 1 nitrogen and oxygen atoms in total. The van der Waals surface area contributed by atoms with Crippen LogP contribution in [-0.4, -0.2) is 13.6 Å². The molecule has 1 rings (SSSR count). The molecule has 0 heterocycles. The third-order valence-electron chi connectivity index (χ3n) is 3.03. The van der Waals surface area contributed by atoms with Crippen LogP contribution in [0.2, 0.25) is 0 Å². The van der Waals surface area contributed by atoms with Crippen molar-refractivity contribution in [3.63, 3.8) is 0 Å². The van der Waals surface area contributed by atoms with Crippen LogP contribution in [0.3, 0.4) is 0 Å².